The van der Waals surface area contributed by atoms with Gasteiger partial charge < -0.3 is 4.74 Å². The molecule has 0 spiro atoms. The Morgan fingerprint density at radius 2 is 2.03 bits per heavy atom. The first-order valence-electron chi connectivity index (χ1n) is 8.63. The lowest BCUT2D eigenvalue weighted by Crippen LogP contribution is -2.08. The maximum Gasteiger partial charge on any atom is 0.213 e. The van der Waals surface area contributed by atoms with E-state index in [2.05, 4.69) is 20.1 Å². The predicted octanol–water partition coefficient (Wildman–Crippen LogP) is 4.84. The molecule has 3 heterocycles. The van der Waals surface area contributed by atoms with Crippen molar-refractivity contribution >= 4 is 22.9 Å². The number of hydrogen-bond donors (Lipinski definition) is 0. The van der Waals surface area contributed by atoms with Crippen molar-refractivity contribution in [3.05, 3.63) is 64.1 Å². The van der Waals surface area contributed by atoms with Crippen molar-refractivity contribution in [2.75, 3.05) is 6.61 Å². The lowest BCUT2D eigenvalue weighted by atomic mass is 10.2. The Hall–Kier alpha value is -2.91. The monoisotopic (exact) mass is 433 g/mol. The Kier molecular flexibility index (Phi) is 5.50. The molecule has 148 valence electrons. The van der Waals surface area contributed by atoms with Gasteiger partial charge in [0.25, 0.3) is 0 Å². The molecule has 4 rings (SSSR count). The molecule has 0 atom stereocenters. The fraction of sp³-hybridized carbons (Fsp3) is 0.158. The van der Waals surface area contributed by atoms with Gasteiger partial charge in [-0.1, -0.05) is 11.6 Å². The molecule has 4 aromatic rings. The van der Waals surface area contributed by atoms with Crippen molar-refractivity contribution in [1.29, 1.82) is 0 Å². The highest BCUT2D eigenvalue weighted by molar-refractivity contribution is 7.13. The van der Waals surface area contributed by atoms with Gasteiger partial charge in [-0.2, -0.15) is 0 Å². The minimum atomic E-state index is -0.550. The molecule has 10 heteroatoms. The van der Waals surface area contributed by atoms with E-state index in [1.54, 1.807) is 23.7 Å². The maximum atomic E-state index is 14.2. The highest BCUT2D eigenvalue weighted by Crippen LogP contribution is 2.30. The summed E-state index contributed by atoms with van der Waals surface area (Å²) in [5.74, 6) is -0.0884. The second-order valence-corrected chi connectivity index (χ2v) is 7.20. The van der Waals surface area contributed by atoms with Gasteiger partial charge in [-0.25, -0.2) is 28.4 Å². The van der Waals surface area contributed by atoms with E-state index >= 15 is 0 Å². The van der Waals surface area contributed by atoms with Crippen LogP contribution in [0.25, 0.3) is 22.4 Å². The van der Waals surface area contributed by atoms with Gasteiger partial charge in [0.2, 0.25) is 11.7 Å². The third-order valence-electron chi connectivity index (χ3n) is 3.95. The van der Waals surface area contributed by atoms with Crippen LogP contribution < -0.4 is 4.74 Å². The van der Waals surface area contributed by atoms with Gasteiger partial charge in [0, 0.05) is 23.2 Å². The maximum absolute atomic E-state index is 14.2. The van der Waals surface area contributed by atoms with Crippen molar-refractivity contribution < 1.29 is 13.5 Å². The van der Waals surface area contributed by atoms with E-state index in [1.807, 2.05) is 6.92 Å². The molecule has 0 N–H and O–H groups in total. The van der Waals surface area contributed by atoms with Crippen LogP contribution >= 0.6 is 22.9 Å². The van der Waals surface area contributed by atoms with Crippen molar-refractivity contribution in [2.45, 2.75) is 13.5 Å². The fourth-order valence-electron chi connectivity index (χ4n) is 2.69. The van der Waals surface area contributed by atoms with Gasteiger partial charge in [0.1, 0.15) is 17.3 Å². The zero-order valence-electron chi connectivity index (χ0n) is 15.1. The van der Waals surface area contributed by atoms with E-state index in [1.165, 1.54) is 16.0 Å². The number of benzene rings is 1. The summed E-state index contributed by atoms with van der Waals surface area (Å²) in [5.41, 5.74) is 0.448. The van der Waals surface area contributed by atoms with Crippen LogP contribution in [-0.2, 0) is 6.54 Å². The van der Waals surface area contributed by atoms with E-state index in [4.69, 9.17) is 16.3 Å². The minimum Gasteiger partial charge on any atom is -0.478 e. The summed E-state index contributed by atoms with van der Waals surface area (Å²) in [7, 11) is 0. The molecule has 0 unspecified atom stereocenters. The first kappa shape index (κ1) is 19.4. The average molecular weight is 434 g/mol. The topological polar surface area (TPSA) is 65.7 Å². The Morgan fingerprint density at radius 3 is 2.79 bits per heavy atom. The van der Waals surface area contributed by atoms with Crippen molar-refractivity contribution in [3.63, 3.8) is 0 Å². The molecule has 1 aromatic carbocycles. The van der Waals surface area contributed by atoms with Crippen LogP contribution in [0.5, 0.6) is 5.88 Å². The highest BCUT2D eigenvalue weighted by Gasteiger charge is 2.20. The predicted molar refractivity (Wildman–Crippen MR) is 106 cm³/mol. The van der Waals surface area contributed by atoms with Crippen molar-refractivity contribution in [1.82, 2.24) is 24.7 Å². The number of halogens is 3. The van der Waals surface area contributed by atoms with Crippen LogP contribution in [0.2, 0.25) is 5.02 Å². The zero-order valence-corrected chi connectivity index (χ0v) is 16.7. The molecule has 29 heavy (non-hydrogen) atoms. The number of rotatable bonds is 6. The average Bonchev–Trinajstić information content (AvgIpc) is 3.36. The van der Waals surface area contributed by atoms with Crippen LogP contribution in [0.4, 0.5) is 8.78 Å². The molecule has 0 saturated carbocycles. The number of aromatic nitrogens is 5. The molecule has 6 nitrogen and oxygen atoms in total. The van der Waals surface area contributed by atoms with E-state index < -0.39 is 11.6 Å². The van der Waals surface area contributed by atoms with Gasteiger partial charge in [-0.3, -0.25) is 0 Å². The van der Waals surface area contributed by atoms with Crippen LogP contribution in [0.3, 0.4) is 0 Å². The van der Waals surface area contributed by atoms with Gasteiger partial charge in [0.05, 0.1) is 18.2 Å². The van der Waals surface area contributed by atoms with Crippen molar-refractivity contribution in [3.8, 4) is 28.2 Å². The summed E-state index contributed by atoms with van der Waals surface area (Å²) in [6.07, 6.45) is 1.63. The molecule has 0 saturated heterocycles. The largest absolute Gasteiger partial charge is 0.478 e. The number of pyridine rings is 1. The molecule has 0 amide bonds. The number of nitrogens with zero attached hydrogens (tertiary/aromatic N) is 5. The number of hydrogen-bond acceptors (Lipinski definition) is 6. The lowest BCUT2D eigenvalue weighted by molar-refractivity contribution is 0.327. The fourth-order valence-corrected chi connectivity index (χ4v) is 3.44. The molecule has 0 aliphatic heterocycles. The summed E-state index contributed by atoms with van der Waals surface area (Å²) in [5, 5.41) is 7.14. The lowest BCUT2D eigenvalue weighted by Gasteiger charge is -2.09. The van der Waals surface area contributed by atoms with Gasteiger partial charge in [0.15, 0.2) is 10.8 Å². The quantitative estimate of drug-likeness (QED) is 0.435. The Balaban J connectivity index is 1.84. The summed E-state index contributed by atoms with van der Waals surface area (Å²) >= 11 is 7.71. The molecular weight excluding hydrogens is 420 g/mol. The molecule has 0 radical (unpaired) electrons. The summed E-state index contributed by atoms with van der Waals surface area (Å²) < 4.78 is 34.7. The van der Waals surface area contributed by atoms with Crippen LogP contribution in [0.1, 0.15) is 12.5 Å². The molecule has 3 aromatic heterocycles. The Morgan fingerprint density at radius 1 is 1.17 bits per heavy atom. The van der Waals surface area contributed by atoms with E-state index in [0.29, 0.717) is 39.9 Å². The van der Waals surface area contributed by atoms with Crippen LogP contribution in [-0.4, -0.2) is 31.3 Å². The van der Waals surface area contributed by atoms with Crippen LogP contribution in [0, 0.1) is 11.6 Å². The summed E-state index contributed by atoms with van der Waals surface area (Å²) in [4.78, 5) is 13.1. The van der Waals surface area contributed by atoms with E-state index in [-0.39, 0.29) is 12.1 Å². The third-order valence-corrected chi connectivity index (χ3v) is 5.02. The molecule has 0 aliphatic rings. The standard InChI is InChI=1S/C19H14ClF2N5OS/c1-2-28-15-6-4-13(20)16(24-15)18-25-17(19-23-7-8-29-19)26-27(18)10-11-9-12(21)3-5-14(11)22/h3-9H,2,10H2,1H3. The Labute approximate surface area is 173 Å². The normalized spacial score (nSPS) is 11.0. The molecular formula is C19H14ClF2N5OS. The highest BCUT2D eigenvalue weighted by atomic mass is 35.5. The molecule has 0 bridgehead atoms. The van der Waals surface area contributed by atoms with Crippen LogP contribution in [0.15, 0.2) is 41.9 Å². The first-order chi connectivity index (χ1) is 14.0. The second-order valence-electron chi connectivity index (χ2n) is 5.90. The van der Waals surface area contributed by atoms with Gasteiger partial charge >= 0.3 is 0 Å². The summed E-state index contributed by atoms with van der Waals surface area (Å²) in [6.45, 7) is 2.21. The smallest absolute Gasteiger partial charge is 0.213 e. The van der Waals surface area contributed by atoms with E-state index in [9.17, 15) is 8.78 Å². The number of ether oxygens (including phenoxy) is 1. The number of thiazole rings is 1. The SMILES string of the molecule is CCOc1ccc(Cl)c(-c2nc(-c3nccs3)nn2Cc2cc(F)ccc2F)n1. The minimum absolute atomic E-state index is 0.0613. The van der Waals surface area contributed by atoms with Gasteiger partial charge in [-0.05, 0) is 31.2 Å². The summed E-state index contributed by atoms with van der Waals surface area (Å²) in [6, 6.07) is 6.54. The Bertz CT molecular complexity index is 1150. The first-order valence-corrected chi connectivity index (χ1v) is 9.89. The molecule has 0 fully saturated rings. The third kappa shape index (κ3) is 4.10. The zero-order chi connectivity index (χ0) is 20.4. The van der Waals surface area contributed by atoms with Gasteiger partial charge in [-0.15, -0.1) is 16.4 Å². The molecule has 0 aliphatic carbocycles. The second kappa shape index (κ2) is 8.22. The van der Waals surface area contributed by atoms with Crippen molar-refractivity contribution in [2.24, 2.45) is 0 Å². The van der Waals surface area contributed by atoms with E-state index in [0.717, 1.165) is 18.2 Å².